The third kappa shape index (κ3) is 5.50. The standard InChI is InChI=1S/C22H28N4O2S/c1-3-25(4-2)20-12-11-17(15-23-20)24-22(28)18-9-5-6-10-19(18)29-16-21(27)26-13-7-8-14-26/h5-6,9-12,15H,3-4,7-8,13-14,16H2,1-2H3,(H,24,28). The zero-order chi connectivity index (χ0) is 20.6. The lowest BCUT2D eigenvalue weighted by molar-refractivity contribution is -0.127. The summed E-state index contributed by atoms with van der Waals surface area (Å²) in [6.07, 6.45) is 3.84. The largest absolute Gasteiger partial charge is 0.357 e. The fraction of sp³-hybridized carbons (Fsp3) is 0.409. The molecule has 2 amide bonds. The van der Waals surface area contributed by atoms with E-state index < -0.39 is 0 Å². The number of aromatic nitrogens is 1. The number of hydrogen-bond acceptors (Lipinski definition) is 5. The number of anilines is 2. The molecule has 1 saturated heterocycles. The van der Waals surface area contributed by atoms with Gasteiger partial charge in [-0.2, -0.15) is 0 Å². The zero-order valence-corrected chi connectivity index (χ0v) is 17.9. The number of nitrogens with zero attached hydrogens (tertiary/aromatic N) is 3. The smallest absolute Gasteiger partial charge is 0.256 e. The molecule has 0 radical (unpaired) electrons. The van der Waals surface area contributed by atoms with E-state index in [9.17, 15) is 9.59 Å². The minimum Gasteiger partial charge on any atom is -0.357 e. The number of carbonyl (C=O) groups excluding carboxylic acids is 2. The molecule has 0 unspecified atom stereocenters. The average molecular weight is 413 g/mol. The summed E-state index contributed by atoms with van der Waals surface area (Å²) in [5, 5.41) is 2.91. The predicted molar refractivity (Wildman–Crippen MR) is 119 cm³/mol. The van der Waals surface area contributed by atoms with Gasteiger partial charge >= 0.3 is 0 Å². The molecule has 1 N–H and O–H groups in total. The molecule has 2 aromatic rings. The molecule has 1 aromatic carbocycles. The molecule has 0 bridgehead atoms. The summed E-state index contributed by atoms with van der Waals surface area (Å²) in [5.41, 5.74) is 1.22. The number of carbonyl (C=O) groups is 2. The van der Waals surface area contributed by atoms with Crippen LogP contribution in [-0.2, 0) is 4.79 Å². The molecule has 6 nitrogen and oxygen atoms in total. The van der Waals surface area contributed by atoms with Crippen LogP contribution in [-0.4, -0.2) is 53.6 Å². The van der Waals surface area contributed by atoms with E-state index in [1.54, 1.807) is 12.3 Å². The fourth-order valence-corrected chi connectivity index (χ4v) is 4.32. The summed E-state index contributed by atoms with van der Waals surface area (Å²) in [5.74, 6) is 1.19. The Kier molecular flexibility index (Phi) is 7.52. The molecule has 0 spiro atoms. The Balaban J connectivity index is 1.64. The Morgan fingerprint density at radius 3 is 2.48 bits per heavy atom. The first-order chi connectivity index (χ1) is 14.1. The molecule has 1 aliphatic heterocycles. The van der Waals surface area contributed by atoms with Crippen molar-refractivity contribution in [1.29, 1.82) is 0 Å². The van der Waals surface area contributed by atoms with Crippen molar-refractivity contribution in [1.82, 2.24) is 9.88 Å². The number of amides is 2. The van der Waals surface area contributed by atoms with Gasteiger partial charge in [-0.15, -0.1) is 11.8 Å². The Morgan fingerprint density at radius 1 is 1.10 bits per heavy atom. The molecule has 1 aromatic heterocycles. The molecule has 0 saturated carbocycles. The van der Waals surface area contributed by atoms with Crippen molar-refractivity contribution in [3.63, 3.8) is 0 Å². The summed E-state index contributed by atoms with van der Waals surface area (Å²) >= 11 is 1.42. The van der Waals surface area contributed by atoms with Crippen LogP contribution in [0.3, 0.4) is 0 Å². The monoisotopic (exact) mass is 412 g/mol. The first-order valence-corrected chi connectivity index (χ1v) is 11.1. The van der Waals surface area contributed by atoms with Crippen LogP contribution >= 0.6 is 11.8 Å². The van der Waals surface area contributed by atoms with E-state index in [1.807, 2.05) is 35.2 Å². The van der Waals surface area contributed by atoms with Gasteiger partial charge in [0.25, 0.3) is 5.91 Å². The van der Waals surface area contributed by atoms with Gasteiger partial charge in [0.1, 0.15) is 5.82 Å². The zero-order valence-electron chi connectivity index (χ0n) is 17.1. The Bertz CT molecular complexity index is 831. The number of benzene rings is 1. The van der Waals surface area contributed by atoms with E-state index in [1.165, 1.54) is 11.8 Å². The van der Waals surface area contributed by atoms with E-state index in [0.717, 1.165) is 49.7 Å². The highest BCUT2D eigenvalue weighted by Crippen LogP contribution is 2.25. The number of hydrogen-bond donors (Lipinski definition) is 1. The van der Waals surface area contributed by atoms with Crippen LogP contribution in [0.4, 0.5) is 11.5 Å². The van der Waals surface area contributed by atoms with Crippen LogP contribution in [0.1, 0.15) is 37.0 Å². The van der Waals surface area contributed by atoms with Gasteiger partial charge in [-0.25, -0.2) is 4.98 Å². The highest BCUT2D eigenvalue weighted by Gasteiger charge is 2.19. The molecule has 1 aliphatic rings. The van der Waals surface area contributed by atoms with Gasteiger partial charge in [0.15, 0.2) is 0 Å². The number of likely N-dealkylation sites (tertiary alicyclic amines) is 1. The lowest BCUT2D eigenvalue weighted by Gasteiger charge is -2.19. The lowest BCUT2D eigenvalue weighted by Crippen LogP contribution is -2.29. The summed E-state index contributed by atoms with van der Waals surface area (Å²) in [6, 6.07) is 11.2. The number of thioether (sulfide) groups is 1. The average Bonchev–Trinajstić information content (AvgIpc) is 3.29. The molecular formula is C22H28N4O2S. The Morgan fingerprint density at radius 2 is 1.83 bits per heavy atom. The third-order valence-corrected chi connectivity index (χ3v) is 6.09. The van der Waals surface area contributed by atoms with Gasteiger partial charge in [0, 0.05) is 31.1 Å². The van der Waals surface area contributed by atoms with Gasteiger partial charge < -0.3 is 15.1 Å². The van der Waals surface area contributed by atoms with E-state index in [4.69, 9.17) is 0 Å². The van der Waals surface area contributed by atoms with Gasteiger partial charge in [0.05, 0.1) is 23.2 Å². The van der Waals surface area contributed by atoms with E-state index in [2.05, 4.69) is 29.0 Å². The minimum absolute atomic E-state index is 0.138. The molecule has 7 heteroatoms. The van der Waals surface area contributed by atoms with Crippen molar-refractivity contribution >= 4 is 35.1 Å². The van der Waals surface area contributed by atoms with Crippen LogP contribution in [0.25, 0.3) is 0 Å². The Labute approximate surface area is 176 Å². The van der Waals surface area contributed by atoms with Crippen molar-refractivity contribution in [2.45, 2.75) is 31.6 Å². The van der Waals surface area contributed by atoms with Crippen LogP contribution in [0.5, 0.6) is 0 Å². The fourth-order valence-electron chi connectivity index (χ4n) is 3.37. The predicted octanol–water partition coefficient (Wildman–Crippen LogP) is 3.89. The van der Waals surface area contributed by atoms with Crippen LogP contribution in [0.15, 0.2) is 47.5 Å². The van der Waals surface area contributed by atoms with Gasteiger partial charge in [0.2, 0.25) is 5.91 Å². The van der Waals surface area contributed by atoms with Crippen LogP contribution in [0.2, 0.25) is 0 Å². The molecule has 29 heavy (non-hydrogen) atoms. The molecule has 2 heterocycles. The summed E-state index contributed by atoms with van der Waals surface area (Å²) < 4.78 is 0. The highest BCUT2D eigenvalue weighted by molar-refractivity contribution is 8.00. The van der Waals surface area contributed by atoms with Crippen molar-refractivity contribution in [2.24, 2.45) is 0 Å². The van der Waals surface area contributed by atoms with E-state index in [0.29, 0.717) is 17.0 Å². The second kappa shape index (κ2) is 10.3. The van der Waals surface area contributed by atoms with Gasteiger partial charge in [-0.1, -0.05) is 12.1 Å². The molecule has 154 valence electrons. The van der Waals surface area contributed by atoms with Crippen LogP contribution < -0.4 is 10.2 Å². The second-order valence-electron chi connectivity index (χ2n) is 6.90. The van der Waals surface area contributed by atoms with Crippen LogP contribution in [0, 0.1) is 0 Å². The maximum Gasteiger partial charge on any atom is 0.256 e. The van der Waals surface area contributed by atoms with Crippen molar-refractivity contribution in [2.75, 3.05) is 42.1 Å². The first kappa shape index (κ1) is 21.2. The second-order valence-corrected chi connectivity index (χ2v) is 7.92. The molecule has 0 atom stereocenters. The normalized spacial score (nSPS) is 13.4. The molecular weight excluding hydrogens is 384 g/mol. The number of rotatable bonds is 8. The summed E-state index contributed by atoms with van der Waals surface area (Å²) in [6.45, 7) is 7.63. The molecule has 3 rings (SSSR count). The molecule has 1 fully saturated rings. The third-order valence-electron chi connectivity index (χ3n) is 5.03. The maximum absolute atomic E-state index is 12.8. The first-order valence-electron chi connectivity index (χ1n) is 10.1. The summed E-state index contributed by atoms with van der Waals surface area (Å²) in [4.78, 5) is 34.4. The topological polar surface area (TPSA) is 65.5 Å². The number of nitrogens with one attached hydrogen (secondary N) is 1. The lowest BCUT2D eigenvalue weighted by atomic mass is 10.2. The van der Waals surface area contributed by atoms with Crippen molar-refractivity contribution < 1.29 is 9.59 Å². The number of pyridine rings is 1. The van der Waals surface area contributed by atoms with E-state index in [-0.39, 0.29) is 11.8 Å². The van der Waals surface area contributed by atoms with Gasteiger partial charge in [-0.3, -0.25) is 9.59 Å². The quantitative estimate of drug-likeness (QED) is 0.666. The van der Waals surface area contributed by atoms with Crippen molar-refractivity contribution in [3.05, 3.63) is 48.2 Å². The van der Waals surface area contributed by atoms with Crippen molar-refractivity contribution in [3.8, 4) is 0 Å². The summed E-state index contributed by atoms with van der Waals surface area (Å²) in [7, 11) is 0. The molecule has 0 aliphatic carbocycles. The minimum atomic E-state index is -0.195. The van der Waals surface area contributed by atoms with E-state index >= 15 is 0 Å². The van der Waals surface area contributed by atoms with Gasteiger partial charge in [-0.05, 0) is 51.0 Å². The Hall–Kier alpha value is -2.54. The highest BCUT2D eigenvalue weighted by atomic mass is 32.2. The SMILES string of the molecule is CCN(CC)c1ccc(NC(=O)c2ccccc2SCC(=O)N2CCCC2)cn1. The maximum atomic E-state index is 12.8.